The fourth-order valence-corrected chi connectivity index (χ4v) is 2.95. The Morgan fingerprint density at radius 2 is 1.72 bits per heavy atom. The summed E-state index contributed by atoms with van der Waals surface area (Å²) >= 11 is 6.29. The van der Waals surface area contributed by atoms with Gasteiger partial charge in [-0.1, -0.05) is 11.6 Å². The number of aryl methyl sites for hydroxylation is 1. The first-order valence-corrected chi connectivity index (χ1v) is 8.02. The van der Waals surface area contributed by atoms with Gasteiger partial charge in [0, 0.05) is 11.1 Å². The highest BCUT2D eigenvalue weighted by molar-refractivity contribution is 6.30. The number of hydrogen-bond donors (Lipinski definition) is 0. The minimum atomic E-state index is -0.298. The van der Waals surface area contributed by atoms with Crippen LogP contribution in [0.15, 0.2) is 42.7 Å². The van der Waals surface area contributed by atoms with E-state index in [1.165, 1.54) is 12.1 Å². The van der Waals surface area contributed by atoms with Gasteiger partial charge in [0.15, 0.2) is 10.8 Å². The molecule has 4 aromatic rings. The molecular formula is C18H13ClFN5. The van der Waals surface area contributed by atoms with Crippen molar-refractivity contribution in [2.45, 2.75) is 13.8 Å². The fraction of sp³-hybridized carbons (Fsp3) is 0.111. The van der Waals surface area contributed by atoms with Gasteiger partial charge in [0.05, 0.1) is 18.1 Å². The first kappa shape index (κ1) is 15.7. The lowest BCUT2D eigenvalue weighted by molar-refractivity contribution is 0.628. The maximum Gasteiger partial charge on any atom is 0.158 e. The topological polar surface area (TPSA) is 56.0 Å². The second-order valence-corrected chi connectivity index (χ2v) is 6.08. The van der Waals surface area contributed by atoms with E-state index in [0.717, 1.165) is 27.9 Å². The van der Waals surface area contributed by atoms with E-state index in [9.17, 15) is 4.39 Å². The van der Waals surface area contributed by atoms with E-state index in [-0.39, 0.29) is 5.82 Å². The molecular weight excluding hydrogens is 341 g/mol. The molecule has 0 aliphatic heterocycles. The van der Waals surface area contributed by atoms with Gasteiger partial charge in [0.2, 0.25) is 0 Å². The number of halogens is 2. The number of hydrogen-bond acceptors (Lipinski definition) is 4. The van der Waals surface area contributed by atoms with E-state index in [4.69, 9.17) is 16.6 Å². The molecule has 0 atom stereocenters. The average Bonchev–Trinajstić information content (AvgIpc) is 3.00. The summed E-state index contributed by atoms with van der Waals surface area (Å²) in [5.41, 5.74) is 5.53. The first-order valence-electron chi connectivity index (χ1n) is 7.64. The minimum absolute atomic E-state index is 0.298. The zero-order valence-electron chi connectivity index (χ0n) is 13.5. The highest BCUT2D eigenvalue weighted by Gasteiger charge is 2.20. The number of aromatic nitrogens is 5. The van der Waals surface area contributed by atoms with Crippen LogP contribution in [0.3, 0.4) is 0 Å². The Hall–Kier alpha value is -2.86. The molecule has 0 aliphatic carbocycles. The molecule has 0 spiro atoms. The standard InChI is InChI=1S/C18H13ClFN5/c1-10-11(2)18-23-15(12-3-5-14(20)6-4-12)16(25(18)24-17(10)19)13-7-8-21-22-9-13/h3-9H,1-2H3. The van der Waals surface area contributed by atoms with E-state index in [2.05, 4.69) is 15.3 Å². The third kappa shape index (κ3) is 2.55. The van der Waals surface area contributed by atoms with Crippen LogP contribution in [0.5, 0.6) is 0 Å². The Kier molecular flexibility index (Phi) is 3.69. The van der Waals surface area contributed by atoms with Gasteiger partial charge in [0.1, 0.15) is 11.5 Å². The molecule has 0 N–H and O–H groups in total. The summed E-state index contributed by atoms with van der Waals surface area (Å²) < 4.78 is 15.0. The number of imidazole rings is 1. The number of rotatable bonds is 2. The molecule has 124 valence electrons. The number of fused-ring (bicyclic) bond motifs is 1. The van der Waals surface area contributed by atoms with Crippen LogP contribution in [0, 0.1) is 19.7 Å². The molecule has 0 saturated heterocycles. The average molecular weight is 354 g/mol. The van der Waals surface area contributed by atoms with Gasteiger partial charge >= 0.3 is 0 Å². The maximum atomic E-state index is 13.3. The van der Waals surface area contributed by atoms with Crippen LogP contribution in [0.1, 0.15) is 11.1 Å². The molecule has 0 aliphatic rings. The Morgan fingerprint density at radius 3 is 2.40 bits per heavy atom. The Labute approximate surface area is 148 Å². The zero-order chi connectivity index (χ0) is 17.6. The number of benzene rings is 1. The van der Waals surface area contributed by atoms with Crippen molar-refractivity contribution in [2.24, 2.45) is 0 Å². The van der Waals surface area contributed by atoms with Gasteiger partial charge in [0.25, 0.3) is 0 Å². The lowest BCUT2D eigenvalue weighted by Crippen LogP contribution is -2.00. The van der Waals surface area contributed by atoms with Crippen LogP contribution >= 0.6 is 11.6 Å². The van der Waals surface area contributed by atoms with Crippen molar-refractivity contribution in [3.63, 3.8) is 0 Å². The largest absolute Gasteiger partial charge is 0.226 e. The second-order valence-electron chi connectivity index (χ2n) is 5.72. The Bertz CT molecular complexity index is 1070. The van der Waals surface area contributed by atoms with E-state index < -0.39 is 0 Å². The van der Waals surface area contributed by atoms with Crippen LogP contribution in [0.4, 0.5) is 4.39 Å². The van der Waals surface area contributed by atoms with E-state index in [1.807, 2.05) is 19.9 Å². The summed E-state index contributed by atoms with van der Waals surface area (Å²) in [7, 11) is 0. The molecule has 0 amide bonds. The van der Waals surface area contributed by atoms with Crippen LogP contribution in [-0.4, -0.2) is 24.8 Å². The van der Waals surface area contributed by atoms with Gasteiger partial charge in [-0.25, -0.2) is 13.9 Å². The summed E-state index contributed by atoms with van der Waals surface area (Å²) in [4.78, 5) is 4.76. The first-order chi connectivity index (χ1) is 12.1. The quantitative estimate of drug-likeness (QED) is 0.540. The van der Waals surface area contributed by atoms with E-state index >= 15 is 0 Å². The lowest BCUT2D eigenvalue weighted by atomic mass is 10.1. The van der Waals surface area contributed by atoms with Crippen molar-refractivity contribution < 1.29 is 4.39 Å². The van der Waals surface area contributed by atoms with Crippen molar-refractivity contribution >= 4 is 17.2 Å². The normalized spacial score (nSPS) is 11.2. The molecule has 0 bridgehead atoms. The minimum Gasteiger partial charge on any atom is -0.226 e. The summed E-state index contributed by atoms with van der Waals surface area (Å²) in [5, 5.41) is 12.7. The summed E-state index contributed by atoms with van der Waals surface area (Å²) in [6.07, 6.45) is 3.24. The van der Waals surface area contributed by atoms with E-state index in [0.29, 0.717) is 16.5 Å². The summed E-state index contributed by atoms with van der Waals surface area (Å²) in [6, 6.07) is 8.03. The third-order valence-corrected chi connectivity index (χ3v) is 4.58. The van der Waals surface area contributed by atoms with Crippen LogP contribution in [0.25, 0.3) is 28.2 Å². The van der Waals surface area contributed by atoms with Crippen molar-refractivity contribution in [1.29, 1.82) is 0 Å². The molecule has 0 fully saturated rings. The maximum absolute atomic E-state index is 13.3. The van der Waals surface area contributed by atoms with Crippen molar-refractivity contribution in [2.75, 3.05) is 0 Å². The predicted octanol–water partition coefficient (Wildman–Crippen LogP) is 4.26. The monoisotopic (exact) mass is 353 g/mol. The number of nitrogens with zero attached hydrogens (tertiary/aromatic N) is 5. The van der Waals surface area contributed by atoms with Crippen molar-refractivity contribution in [3.05, 3.63) is 64.8 Å². The third-order valence-electron chi connectivity index (χ3n) is 4.22. The Balaban J connectivity index is 2.11. The van der Waals surface area contributed by atoms with Crippen molar-refractivity contribution in [1.82, 2.24) is 24.8 Å². The summed E-state index contributed by atoms with van der Waals surface area (Å²) in [5.74, 6) is -0.298. The molecule has 5 nitrogen and oxygen atoms in total. The van der Waals surface area contributed by atoms with Crippen LogP contribution < -0.4 is 0 Å². The molecule has 25 heavy (non-hydrogen) atoms. The fourth-order valence-electron chi connectivity index (χ4n) is 2.74. The molecule has 4 rings (SSSR count). The highest BCUT2D eigenvalue weighted by Crippen LogP contribution is 2.34. The van der Waals surface area contributed by atoms with Crippen LogP contribution in [-0.2, 0) is 0 Å². The summed E-state index contributed by atoms with van der Waals surface area (Å²) in [6.45, 7) is 3.86. The Morgan fingerprint density at radius 1 is 0.960 bits per heavy atom. The molecule has 3 heterocycles. The lowest BCUT2D eigenvalue weighted by Gasteiger charge is -2.07. The molecule has 0 radical (unpaired) electrons. The van der Waals surface area contributed by atoms with Gasteiger partial charge in [-0.2, -0.15) is 15.3 Å². The molecule has 3 aromatic heterocycles. The highest BCUT2D eigenvalue weighted by atomic mass is 35.5. The smallest absolute Gasteiger partial charge is 0.158 e. The van der Waals surface area contributed by atoms with Gasteiger partial charge in [-0.15, -0.1) is 0 Å². The predicted molar refractivity (Wildman–Crippen MR) is 93.9 cm³/mol. The van der Waals surface area contributed by atoms with Gasteiger partial charge in [-0.05, 0) is 55.3 Å². The molecule has 1 aromatic carbocycles. The second kappa shape index (κ2) is 5.89. The van der Waals surface area contributed by atoms with Crippen LogP contribution in [0.2, 0.25) is 5.15 Å². The molecule has 0 saturated carbocycles. The van der Waals surface area contributed by atoms with Gasteiger partial charge in [-0.3, -0.25) is 0 Å². The molecule has 0 unspecified atom stereocenters. The van der Waals surface area contributed by atoms with Crippen molar-refractivity contribution in [3.8, 4) is 22.5 Å². The van der Waals surface area contributed by atoms with E-state index in [1.54, 1.807) is 29.0 Å². The zero-order valence-corrected chi connectivity index (χ0v) is 14.3. The molecule has 7 heteroatoms. The SMILES string of the molecule is Cc1c(Cl)nn2c(-c3ccnnc3)c(-c3ccc(F)cc3)nc2c1C. The van der Waals surface area contributed by atoms with Gasteiger partial charge < -0.3 is 0 Å².